The highest BCUT2D eigenvalue weighted by molar-refractivity contribution is 5.71. The highest BCUT2D eigenvalue weighted by Crippen LogP contribution is 2.36. The minimum Gasteiger partial charge on any atom is -0.481 e. The van der Waals surface area contributed by atoms with Crippen LogP contribution in [0.15, 0.2) is 36.4 Å². The van der Waals surface area contributed by atoms with Gasteiger partial charge in [-0.2, -0.15) is 0 Å². The molecule has 3 unspecified atom stereocenters. The van der Waals surface area contributed by atoms with Crippen LogP contribution in [0.2, 0.25) is 0 Å². The molecule has 3 heteroatoms. The summed E-state index contributed by atoms with van der Waals surface area (Å²) in [5, 5.41) is 19.8. The molecule has 1 aliphatic rings. The largest absolute Gasteiger partial charge is 0.481 e. The maximum Gasteiger partial charge on any atom is 0.307 e. The first-order valence-electron chi connectivity index (χ1n) is 7.28. The van der Waals surface area contributed by atoms with Gasteiger partial charge in [-0.25, -0.2) is 0 Å². The lowest BCUT2D eigenvalue weighted by Gasteiger charge is -2.29. The smallest absolute Gasteiger partial charge is 0.307 e. The zero-order chi connectivity index (χ0) is 14.5. The van der Waals surface area contributed by atoms with Gasteiger partial charge in [-0.15, -0.1) is 0 Å². The number of hydrogen-bond acceptors (Lipinski definition) is 2. The summed E-state index contributed by atoms with van der Waals surface area (Å²) in [5.41, 5.74) is 2.07. The molecule has 1 aromatic carbocycles. The number of aryl methyl sites for hydroxylation is 1. The number of carbonyl (C=O) groups is 1. The van der Waals surface area contributed by atoms with Crippen LogP contribution in [0, 0.1) is 11.8 Å². The van der Waals surface area contributed by atoms with Gasteiger partial charge in [0.05, 0.1) is 12.0 Å². The van der Waals surface area contributed by atoms with Crippen LogP contribution in [0.1, 0.15) is 43.4 Å². The third kappa shape index (κ3) is 3.28. The van der Waals surface area contributed by atoms with Gasteiger partial charge in [0.25, 0.3) is 0 Å². The normalized spacial score (nSPS) is 23.5. The molecule has 0 heterocycles. The molecular weight excluding hydrogens is 252 g/mol. The second kappa shape index (κ2) is 6.71. The molecule has 0 aromatic heterocycles. The third-order valence-electron chi connectivity index (χ3n) is 4.06. The number of allylic oxidation sites excluding steroid dienone is 2. The first kappa shape index (κ1) is 14.8. The molecule has 3 atom stereocenters. The van der Waals surface area contributed by atoms with E-state index in [4.69, 9.17) is 0 Å². The molecule has 20 heavy (non-hydrogen) atoms. The lowest BCUT2D eigenvalue weighted by Crippen LogP contribution is -2.29. The number of carboxylic acid groups (broad SMARTS) is 1. The molecule has 0 bridgehead atoms. The Morgan fingerprint density at radius 1 is 1.25 bits per heavy atom. The molecule has 2 N–H and O–H groups in total. The molecular formula is C17H22O3. The van der Waals surface area contributed by atoms with Gasteiger partial charge in [-0.05, 0) is 30.4 Å². The Morgan fingerprint density at radius 3 is 2.50 bits per heavy atom. The molecule has 0 spiro atoms. The van der Waals surface area contributed by atoms with Crippen molar-refractivity contribution in [1.82, 2.24) is 0 Å². The summed E-state index contributed by atoms with van der Waals surface area (Å²) < 4.78 is 0. The van der Waals surface area contributed by atoms with Gasteiger partial charge in [0.2, 0.25) is 0 Å². The minimum atomic E-state index is -0.819. The number of aliphatic carboxylic acids is 1. The highest BCUT2D eigenvalue weighted by Gasteiger charge is 2.34. The van der Waals surface area contributed by atoms with Gasteiger partial charge in [-0.3, -0.25) is 4.79 Å². The number of benzene rings is 1. The zero-order valence-corrected chi connectivity index (χ0v) is 11.8. The minimum absolute atomic E-state index is 0.241. The summed E-state index contributed by atoms with van der Waals surface area (Å²) in [6, 6.07) is 7.90. The molecule has 108 valence electrons. The van der Waals surface area contributed by atoms with Crippen LogP contribution in [0.25, 0.3) is 0 Å². The second-order valence-corrected chi connectivity index (χ2v) is 5.49. The summed E-state index contributed by atoms with van der Waals surface area (Å²) in [6.07, 6.45) is 6.40. The number of carboxylic acids is 1. The van der Waals surface area contributed by atoms with E-state index >= 15 is 0 Å². The molecule has 0 radical (unpaired) electrons. The molecule has 0 saturated heterocycles. The van der Waals surface area contributed by atoms with Crippen LogP contribution < -0.4 is 0 Å². The number of aliphatic hydroxyl groups is 1. The standard InChI is InChI=1S/C17H22O3/c1-2-5-12-8-10-13(11-9-12)16(18)14-6-3-4-7-15(14)17(19)20/h3-4,8-11,14-16,18H,2,5-7H2,1H3,(H,19,20). The lowest BCUT2D eigenvalue weighted by atomic mass is 9.77. The predicted octanol–water partition coefficient (Wildman–Crippen LogP) is 3.34. The van der Waals surface area contributed by atoms with Crippen molar-refractivity contribution in [2.24, 2.45) is 11.8 Å². The monoisotopic (exact) mass is 274 g/mol. The Kier molecular flexibility index (Phi) is 4.96. The van der Waals surface area contributed by atoms with Crippen LogP contribution in [0.4, 0.5) is 0 Å². The molecule has 0 aliphatic heterocycles. The quantitative estimate of drug-likeness (QED) is 0.810. The van der Waals surface area contributed by atoms with E-state index in [9.17, 15) is 15.0 Å². The van der Waals surface area contributed by atoms with Crippen molar-refractivity contribution in [3.8, 4) is 0 Å². The summed E-state index contributed by atoms with van der Waals surface area (Å²) in [6.45, 7) is 2.13. The molecule has 0 saturated carbocycles. The molecule has 1 aromatic rings. The summed E-state index contributed by atoms with van der Waals surface area (Å²) >= 11 is 0. The number of hydrogen-bond donors (Lipinski definition) is 2. The predicted molar refractivity (Wildman–Crippen MR) is 78.4 cm³/mol. The Morgan fingerprint density at radius 2 is 1.90 bits per heavy atom. The van der Waals surface area contributed by atoms with Crippen molar-refractivity contribution in [2.45, 2.75) is 38.7 Å². The fourth-order valence-corrected chi connectivity index (χ4v) is 2.89. The van der Waals surface area contributed by atoms with Gasteiger partial charge in [0.15, 0.2) is 0 Å². The first-order valence-corrected chi connectivity index (χ1v) is 7.28. The van der Waals surface area contributed by atoms with E-state index in [2.05, 4.69) is 6.92 Å². The van der Waals surface area contributed by atoms with Crippen molar-refractivity contribution >= 4 is 5.97 Å². The van der Waals surface area contributed by atoms with Crippen molar-refractivity contribution in [3.05, 3.63) is 47.5 Å². The molecule has 2 rings (SSSR count). The van der Waals surface area contributed by atoms with E-state index in [0.717, 1.165) is 18.4 Å². The second-order valence-electron chi connectivity index (χ2n) is 5.49. The van der Waals surface area contributed by atoms with Gasteiger partial charge in [0, 0.05) is 5.92 Å². The average molecular weight is 274 g/mol. The van der Waals surface area contributed by atoms with Crippen LogP contribution in [0.3, 0.4) is 0 Å². The maximum absolute atomic E-state index is 11.3. The number of aliphatic hydroxyl groups excluding tert-OH is 1. The Labute approximate surface area is 120 Å². The van der Waals surface area contributed by atoms with Gasteiger partial charge < -0.3 is 10.2 Å². The van der Waals surface area contributed by atoms with Crippen molar-refractivity contribution in [1.29, 1.82) is 0 Å². The fraction of sp³-hybridized carbons (Fsp3) is 0.471. The van der Waals surface area contributed by atoms with Crippen LogP contribution in [0.5, 0.6) is 0 Å². The van der Waals surface area contributed by atoms with Gasteiger partial charge in [0.1, 0.15) is 0 Å². The van der Waals surface area contributed by atoms with Gasteiger partial charge in [-0.1, -0.05) is 49.8 Å². The summed E-state index contributed by atoms with van der Waals surface area (Å²) in [4.78, 5) is 11.3. The van der Waals surface area contributed by atoms with E-state index in [-0.39, 0.29) is 5.92 Å². The van der Waals surface area contributed by atoms with E-state index < -0.39 is 18.0 Å². The van der Waals surface area contributed by atoms with E-state index in [0.29, 0.717) is 12.8 Å². The van der Waals surface area contributed by atoms with Crippen LogP contribution >= 0.6 is 0 Å². The molecule has 0 fully saturated rings. The Hall–Kier alpha value is -1.61. The first-order chi connectivity index (χ1) is 9.63. The van der Waals surface area contributed by atoms with E-state index in [1.807, 2.05) is 36.4 Å². The zero-order valence-electron chi connectivity index (χ0n) is 11.8. The van der Waals surface area contributed by atoms with E-state index in [1.54, 1.807) is 0 Å². The maximum atomic E-state index is 11.3. The fourth-order valence-electron chi connectivity index (χ4n) is 2.89. The van der Waals surface area contributed by atoms with Crippen molar-refractivity contribution in [3.63, 3.8) is 0 Å². The van der Waals surface area contributed by atoms with E-state index in [1.165, 1.54) is 5.56 Å². The molecule has 0 amide bonds. The number of rotatable bonds is 5. The topological polar surface area (TPSA) is 57.5 Å². The van der Waals surface area contributed by atoms with Crippen molar-refractivity contribution < 1.29 is 15.0 Å². The van der Waals surface area contributed by atoms with Crippen LogP contribution in [-0.2, 0) is 11.2 Å². The van der Waals surface area contributed by atoms with Gasteiger partial charge >= 0.3 is 5.97 Å². The SMILES string of the molecule is CCCc1ccc(C(O)C2CC=CCC2C(=O)O)cc1. The lowest BCUT2D eigenvalue weighted by molar-refractivity contribution is -0.145. The average Bonchev–Trinajstić information content (AvgIpc) is 2.47. The highest BCUT2D eigenvalue weighted by atomic mass is 16.4. The summed E-state index contributed by atoms with van der Waals surface area (Å²) in [7, 11) is 0. The Bertz CT molecular complexity index is 476. The third-order valence-corrected chi connectivity index (χ3v) is 4.06. The van der Waals surface area contributed by atoms with Crippen molar-refractivity contribution in [2.75, 3.05) is 0 Å². The van der Waals surface area contributed by atoms with Crippen LogP contribution in [-0.4, -0.2) is 16.2 Å². The molecule has 1 aliphatic carbocycles. The summed E-state index contributed by atoms with van der Waals surface area (Å²) in [5.74, 6) is -1.55. The molecule has 3 nitrogen and oxygen atoms in total. The Balaban J connectivity index is 2.14.